The van der Waals surface area contributed by atoms with Crippen LogP contribution in [0.3, 0.4) is 0 Å². The van der Waals surface area contributed by atoms with Gasteiger partial charge in [-0.2, -0.15) is 0 Å². The molecule has 1 aliphatic heterocycles. The van der Waals surface area contributed by atoms with Gasteiger partial charge in [-0.1, -0.05) is 6.08 Å². The van der Waals surface area contributed by atoms with Crippen LogP contribution in [-0.2, 0) is 14.5 Å². The maximum absolute atomic E-state index is 12.4. The van der Waals surface area contributed by atoms with Gasteiger partial charge in [0.05, 0.1) is 34.2 Å². The number of nitrogens with one attached hydrogen (secondary N) is 2. The Morgan fingerprint density at radius 2 is 2.12 bits per heavy atom. The van der Waals surface area contributed by atoms with E-state index in [0.717, 1.165) is 48.0 Å². The van der Waals surface area contributed by atoms with Gasteiger partial charge in [-0.25, -0.2) is 13.7 Å². The molecule has 2 aromatic heterocycles. The van der Waals surface area contributed by atoms with Crippen LogP contribution in [0.1, 0.15) is 63.1 Å². The molecule has 2 aromatic rings. The number of anilines is 1. The number of aliphatic hydroxyl groups excluding tert-OH is 1. The molecule has 1 saturated carbocycles. The lowest BCUT2D eigenvalue weighted by Crippen LogP contribution is -2.32. The van der Waals surface area contributed by atoms with E-state index >= 15 is 0 Å². The van der Waals surface area contributed by atoms with Crippen molar-refractivity contribution in [2.45, 2.75) is 68.9 Å². The SMILES string of the molecule is COC[C@H](C)Nc1ncc2c(C3=CCC(C)([S@@](C)(=N)=O)N=C3)cc(C3CCC(O)CC3)n2n1. The van der Waals surface area contributed by atoms with Crippen LogP contribution in [0.15, 0.2) is 23.3 Å². The first-order chi connectivity index (χ1) is 15.6. The van der Waals surface area contributed by atoms with E-state index in [1.54, 1.807) is 20.2 Å². The van der Waals surface area contributed by atoms with Crippen molar-refractivity contribution >= 4 is 33.0 Å². The summed E-state index contributed by atoms with van der Waals surface area (Å²) in [6, 6.07) is 2.22. The van der Waals surface area contributed by atoms with Crippen LogP contribution < -0.4 is 5.32 Å². The van der Waals surface area contributed by atoms with E-state index in [4.69, 9.17) is 14.6 Å². The number of aliphatic imine (C=N–C) groups is 1. The summed E-state index contributed by atoms with van der Waals surface area (Å²) in [4.78, 5) is 8.16. The van der Waals surface area contributed by atoms with Gasteiger partial charge in [-0.3, -0.25) is 9.77 Å². The zero-order chi connectivity index (χ0) is 23.8. The molecule has 180 valence electrons. The Kier molecular flexibility index (Phi) is 6.61. The van der Waals surface area contributed by atoms with Crippen molar-refractivity contribution in [2.75, 3.05) is 25.3 Å². The van der Waals surface area contributed by atoms with E-state index < -0.39 is 14.6 Å². The van der Waals surface area contributed by atoms with Crippen LogP contribution in [0.4, 0.5) is 5.95 Å². The molecule has 3 N–H and O–H groups in total. The number of aromatic nitrogens is 3. The fourth-order valence-corrected chi connectivity index (χ4v) is 5.19. The molecule has 0 amide bonds. The first-order valence-corrected chi connectivity index (χ1v) is 13.4. The first-order valence-electron chi connectivity index (χ1n) is 11.4. The van der Waals surface area contributed by atoms with Gasteiger partial charge >= 0.3 is 0 Å². The van der Waals surface area contributed by atoms with Gasteiger partial charge in [0.2, 0.25) is 5.95 Å². The number of rotatable bonds is 7. The van der Waals surface area contributed by atoms with E-state index in [2.05, 4.69) is 21.4 Å². The number of methoxy groups -OCH3 is 1. The molecule has 0 saturated heterocycles. The second kappa shape index (κ2) is 9.15. The molecule has 10 heteroatoms. The summed E-state index contributed by atoms with van der Waals surface area (Å²) < 4.78 is 27.6. The highest BCUT2D eigenvalue weighted by Gasteiger charge is 2.33. The van der Waals surface area contributed by atoms with Gasteiger partial charge in [0, 0.05) is 49.2 Å². The predicted octanol–water partition coefficient (Wildman–Crippen LogP) is 3.45. The van der Waals surface area contributed by atoms with Crippen molar-refractivity contribution in [2.24, 2.45) is 4.99 Å². The summed E-state index contributed by atoms with van der Waals surface area (Å²) in [5, 5.41) is 18.1. The number of nitrogens with zero attached hydrogens (tertiary/aromatic N) is 4. The average molecular weight is 475 g/mol. The second-order valence-electron chi connectivity index (χ2n) is 9.51. The third-order valence-corrected chi connectivity index (χ3v) is 8.73. The topological polar surface area (TPSA) is 125 Å². The fourth-order valence-electron chi connectivity index (χ4n) is 4.54. The minimum absolute atomic E-state index is 0.0652. The quantitative estimate of drug-likeness (QED) is 0.564. The van der Waals surface area contributed by atoms with Crippen molar-refractivity contribution in [3.05, 3.63) is 29.6 Å². The Bertz CT molecular complexity index is 1180. The summed E-state index contributed by atoms with van der Waals surface area (Å²) in [6.07, 6.45) is 10.6. The maximum Gasteiger partial charge on any atom is 0.241 e. The summed E-state index contributed by atoms with van der Waals surface area (Å²) >= 11 is 0. The molecule has 0 aromatic carbocycles. The van der Waals surface area contributed by atoms with Crippen LogP contribution in [-0.4, -0.2) is 67.1 Å². The number of fused-ring (bicyclic) bond motifs is 1. The summed E-state index contributed by atoms with van der Waals surface area (Å²) in [5.41, 5.74) is 3.88. The fraction of sp³-hybridized carbons (Fsp3) is 0.609. The molecule has 0 bridgehead atoms. The molecule has 0 radical (unpaired) electrons. The Morgan fingerprint density at radius 1 is 1.39 bits per heavy atom. The van der Waals surface area contributed by atoms with E-state index in [1.165, 1.54) is 6.26 Å². The lowest BCUT2D eigenvalue weighted by molar-refractivity contribution is 0.121. The molecular weight excluding hydrogens is 440 g/mol. The van der Waals surface area contributed by atoms with Gasteiger partial charge in [0.15, 0.2) is 0 Å². The predicted molar refractivity (Wildman–Crippen MR) is 131 cm³/mol. The van der Waals surface area contributed by atoms with Crippen molar-refractivity contribution in [3.63, 3.8) is 0 Å². The Hall–Kier alpha value is -2.30. The molecule has 2 aliphatic rings. The standard InChI is InChI=1S/C23H34N6O3S/c1-15(14-32-3)27-22-25-13-21-19(17-9-10-23(2,26-12-17)33(4,24)31)11-20(29(21)28-22)16-5-7-18(30)8-6-16/h9,11-13,15-16,18,24,30H,5-8,10,14H2,1-4H3,(H,27,28)/t15-,16?,18?,23?,33-/m0/s1. The minimum atomic E-state index is -2.83. The van der Waals surface area contributed by atoms with Crippen LogP contribution in [0.5, 0.6) is 0 Å². The van der Waals surface area contributed by atoms with Gasteiger partial charge in [-0.15, -0.1) is 5.10 Å². The molecule has 1 unspecified atom stereocenters. The molecule has 3 atom stereocenters. The van der Waals surface area contributed by atoms with Crippen molar-refractivity contribution < 1.29 is 14.1 Å². The molecule has 1 aliphatic carbocycles. The highest BCUT2D eigenvalue weighted by Crippen LogP contribution is 2.38. The van der Waals surface area contributed by atoms with Crippen LogP contribution in [0, 0.1) is 4.78 Å². The van der Waals surface area contributed by atoms with E-state index in [0.29, 0.717) is 24.9 Å². The van der Waals surface area contributed by atoms with Crippen LogP contribution in [0.2, 0.25) is 0 Å². The summed E-state index contributed by atoms with van der Waals surface area (Å²) in [5.74, 6) is 0.827. The number of hydrogen-bond acceptors (Lipinski definition) is 8. The first kappa shape index (κ1) is 23.8. The third kappa shape index (κ3) is 4.83. The van der Waals surface area contributed by atoms with Crippen LogP contribution in [0.25, 0.3) is 11.1 Å². The van der Waals surface area contributed by atoms with E-state index in [1.807, 2.05) is 23.7 Å². The zero-order valence-corrected chi connectivity index (χ0v) is 20.6. The number of aliphatic hydroxyl groups is 1. The minimum Gasteiger partial charge on any atom is -0.393 e. The molecule has 3 heterocycles. The van der Waals surface area contributed by atoms with Gasteiger partial charge in [-0.05, 0) is 51.2 Å². The number of dihydropyridines is 1. The Balaban J connectivity index is 1.74. The zero-order valence-electron chi connectivity index (χ0n) is 19.7. The maximum atomic E-state index is 12.4. The normalized spacial score (nSPS) is 28.3. The van der Waals surface area contributed by atoms with Gasteiger partial charge < -0.3 is 15.2 Å². The van der Waals surface area contributed by atoms with Crippen molar-refractivity contribution in [3.8, 4) is 0 Å². The smallest absolute Gasteiger partial charge is 0.241 e. The highest BCUT2D eigenvalue weighted by atomic mass is 32.2. The van der Waals surface area contributed by atoms with Crippen LogP contribution >= 0.6 is 0 Å². The largest absolute Gasteiger partial charge is 0.393 e. The lowest BCUT2D eigenvalue weighted by Gasteiger charge is -2.27. The number of hydrogen-bond donors (Lipinski definition) is 3. The number of ether oxygens (including phenoxy) is 1. The van der Waals surface area contributed by atoms with Crippen molar-refractivity contribution in [1.82, 2.24) is 14.6 Å². The van der Waals surface area contributed by atoms with Gasteiger partial charge in [0.25, 0.3) is 0 Å². The molecule has 9 nitrogen and oxygen atoms in total. The summed E-state index contributed by atoms with van der Waals surface area (Å²) in [6.45, 7) is 4.33. The molecule has 4 rings (SSSR count). The van der Waals surface area contributed by atoms with E-state index in [-0.39, 0.29) is 12.1 Å². The van der Waals surface area contributed by atoms with E-state index in [9.17, 15) is 9.32 Å². The second-order valence-corrected chi connectivity index (χ2v) is 12.1. The molecule has 1 fully saturated rings. The third-order valence-electron chi connectivity index (χ3n) is 6.78. The van der Waals surface area contributed by atoms with Gasteiger partial charge in [0.1, 0.15) is 4.87 Å². The Labute approximate surface area is 195 Å². The highest BCUT2D eigenvalue weighted by molar-refractivity contribution is 7.93. The summed E-state index contributed by atoms with van der Waals surface area (Å²) in [7, 11) is -1.16. The Morgan fingerprint density at radius 3 is 2.73 bits per heavy atom. The van der Waals surface area contributed by atoms with Crippen molar-refractivity contribution in [1.29, 1.82) is 4.78 Å². The number of allylic oxidation sites excluding steroid dienone is 1. The molecule has 33 heavy (non-hydrogen) atoms. The molecular formula is C23H34N6O3S. The molecule has 0 spiro atoms. The average Bonchev–Trinajstić information content (AvgIpc) is 3.13. The monoisotopic (exact) mass is 474 g/mol. The lowest BCUT2D eigenvalue weighted by atomic mass is 9.85.